The molecule has 0 saturated heterocycles. The second-order valence-corrected chi connectivity index (χ2v) is 7.25. The predicted molar refractivity (Wildman–Crippen MR) is 106 cm³/mol. The summed E-state index contributed by atoms with van der Waals surface area (Å²) in [6, 6.07) is 13.9. The van der Waals surface area contributed by atoms with Crippen LogP contribution in [0.4, 0.5) is 0 Å². The van der Waals surface area contributed by atoms with Crippen LogP contribution >= 0.6 is 11.8 Å². The lowest BCUT2D eigenvalue weighted by atomic mass is 10.0. The lowest BCUT2D eigenvalue weighted by Gasteiger charge is -2.15. The third kappa shape index (κ3) is 3.68. The fourth-order valence-corrected chi connectivity index (χ4v) is 3.60. The van der Waals surface area contributed by atoms with Gasteiger partial charge in [0.2, 0.25) is 5.16 Å². The first-order valence-electron chi connectivity index (χ1n) is 8.63. The normalized spacial score (nSPS) is 13.1. The van der Waals surface area contributed by atoms with Crippen LogP contribution in [0.3, 0.4) is 0 Å². The van der Waals surface area contributed by atoms with E-state index in [0.717, 1.165) is 33.7 Å². The molecule has 27 heavy (non-hydrogen) atoms. The number of methoxy groups -OCH3 is 1. The van der Waals surface area contributed by atoms with Gasteiger partial charge in [-0.25, -0.2) is 0 Å². The molecule has 0 fully saturated rings. The van der Waals surface area contributed by atoms with Gasteiger partial charge in [0.25, 0.3) is 0 Å². The SMILES string of the molecule is COc1ccc(OCc2nnc3n2N=C(c2ccc(C)c(C)c2)CS3)cc1. The summed E-state index contributed by atoms with van der Waals surface area (Å²) in [5, 5.41) is 14.0. The summed E-state index contributed by atoms with van der Waals surface area (Å²) >= 11 is 1.64. The second-order valence-electron chi connectivity index (χ2n) is 6.31. The summed E-state index contributed by atoms with van der Waals surface area (Å²) in [5.41, 5.74) is 4.69. The molecule has 1 aliphatic heterocycles. The Morgan fingerprint density at radius 2 is 1.78 bits per heavy atom. The predicted octanol–water partition coefficient (Wildman–Crippen LogP) is 3.84. The Morgan fingerprint density at radius 3 is 2.52 bits per heavy atom. The number of hydrogen-bond donors (Lipinski definition) is 0. The highest BCUT2D eigenvalue weighted by atomic mass is 32.2. The van der Waals surface area contributed by atoms with Crippen molar-refractivity contribution in [2.75, 3.05) is 12.9 Å². The lowest BCUT2D eigenvalue weighted by Crippen LogP contribution is -2.15. The number of benzene rings is 2. The Balaban J connectivity index is 1.55. The molecular formula is C20H20N4O2S. The van der Waals surface area contributed by atoms with Gasteiger partial charge in [0.1, 0.15) is 18.1 Å². The van der Waals surface area contributed by atoms with E-state index >= 15 is 0 Å². The van der Waals surface area contributed by atoms with E-state index in [2.05, 4.69) is 42.2 Å². The van der Waals surface area contributed by atoms with Crippen LogP contribution in [0.5, 0.6) is 11.5 Å². The highest BCUT2D eigenvalue weighted by Gasteiger charge is 2.20. The number of hydrogen-bond acceptors (Lipinski definition) is 6. The zero-order chi connectivity index (χ0) is 18.8. The van der Waals surface area contributed by atoms with Crippen LogP contribution in [0.2, 0.25) is 0 Å². The van der Waals surface area contributed by atoms with Crippen LogP contribution in [0.15, 0.2) is 52.7 Å². The van der Waals surface area contributed by atoms with Gasteiger partial charge in [-0.15, -0.1) is 10.2 Å². The van der Waals surface area contributed by atoms with E-state index in [1.165, 1.54) is 11.1 Å². The number of aromatic nitrogens is 3. The van der Waals surface area contributed by atoms with Crippen molar-refractivity contribution in [3.63, 3.8) is 0 Å². The highest BCUT2D eigenvalue weighted by molar-refractivity contribution is 7.99. The Bertz CT molecular complexity index is 996. The molecule has 6 nitrogen and oxygen atoms in total. The van der Waals surface area contributed by atoms with Gasteiger partial charge in [0.15, 0.2) is 5.82 Å². The first-order chi connectivity index (χ1) is 13.1. The first kappa shape index (κ1) is 17.6. The molecule has 0 aliphatic carbocycles. The van der Waals surface area contributed by atoms with E-state index in [4.69, 9.17) is 14.6 Å². The standard InChI is InChI=1S/C20H20N4O2S/c1-13-4-5-15(10-14(13)2)18-12-27-20-22-21-19(24(20)23-18)11-26-17-8-6-16(25-3)7-9-17/h4-10H,11-12H2,1-3H3. The molecule has 0 bridgehead atoms. The molecule has 0 saturated carbocycles. The van der Waals surface area contributed by atoms with Gasteiger partial charge in [-0.2, -0.15) is 9.78 Å². The van der Waals surface area contributed by atoms with Crippen LogP contribution in [-0.2, 0) is 6.61 Å². The van der Waals surface area contributed by atoms with Gasteiger partial charge in [0.05, 0.1) is 12.8 Å². The number of nitrogens with zero attached hydrogens (tertiary/aromatic N) is 4. The highest BCUT2D eigenvalue weighted by Crippen LogP contribution is 2.25. The molecule has 4 rings (SSSR count). The van der Waals surface area contributed by atoms with Crippen LogP contribution in [0, 0.1) is 13.8 Å². The van der Waals surface area contributed by atoms with Gasteiger partial charge in [-0.05, 0) is 60.9 Å². The van der Waals surface area contributed by atoms with Crippen LogP contribution in [0.1, 0.15) is 22.5 Å². The summed E-state index contributed by atoms with van der Waals surface area (Å²) in [6.45, 7) is 4.53. The van der Waals surface area contributed by atoms with Crippen molar-refractivity contribution in [3.8, 4) is 11.5 Å². The molecule has 0 unspecified atom stereocenters. The fraction of sp³-hybridized carbons (Fsp3) is 0.250. The summed E-state index contributed by atoms with van der Waals surface area (Å²) in [7, 11) is 1.64. The summed E-state index contributed by atoms with van der Waals surface area (Å²) in [4.78, 5) is 0. The van der Waals surface area contributed by atoms with Crippen molar-refractivity contribution < 1.29 is 9.47 Å². The van der Waals surface area contributed by atoms with Crippen molar-refractivity contribution in [1.29, 1.82) is 0 Å². The van der Waals surface area contributed by atoms with E-state index < -0.39 is 0 Å². The number of rotatable bonds is 5. The molecule has 1 aliphatic rings. The summed E-state index contributed by atoms with van der Waals surface area (Å²) < 4.78 is 12.8. The molecule has 2 heterocycles. The topological polar surface area (TPSA) is 61.5 Å². The molecule has 0 N–H and O–H groups in total. The van der Waals surface area contributed by atoms with Gasteiger partial charge < -0.3 is 9.47 Å². The molecule has 0 radical (unpaired) electrons. The van der Waals surface area contributed by atoms with Gasteiger partial charge in [0, 0.05) is 5.75 Å². The first-order valence-corrected chi connectivity index (χ1v) is 9.62. The van der Waals surface area contributed by atoms with Crippen LogP contribution in [-0.4, -0.2) is 33.4 Å². The number of ether oxygens (including phenoxy) is 2. The van der Waals surface area contributed by atoms with E-state index in [0.29, 0.717) is 12.4 Å². The molecule has 138 valence electrons. The Kier molecular flexibility index (Phi) is 4.85. The maximum Gasteiger partial charge on any atom is 0.212 e. The van der Waals surface area contributed by atoms with Crippen LogP contribution in [0.25, 0.3) is 0 Å². The smallest absolute Gasteiger partial charge is 0.212 e. The van der Waals surface area contributed by atoms with E-state index in [1.807, 2.05) is 24.3 Å². The minimum absolute atomic E-state index is 0.295. The third-order valence-electron chi connectivity index (χ3n) is 4.50. The maximum absolute atomic E-state index is 5.83. The molecule has 0 atom stereocenters. The summed E-state index contributed by atoms with van der Waals surface area (Å²) in [5.74, 6) is 2.99. The fourth-order valence-electron chi connectivity index (χ4n) is 2.74. The van der Waals surface area contributed by atoms with Gasteiger partial charge >= 0.3 is 0 Å². The Morgan fingerprint density at radius 1 is 1.00 bits per heavy atom. The Labute approximate surface area is 162 Å². The quantitative estimate of drug-likeness (QED) is 0.673. The van der Waals surface area contributed by atoms with Crippen LogP contribution < -0.4 is 9.47 Å². The number of thioether (sulfide) groups is 1. The largest absolute Gasteiger partial charge is 0.497 e. The van der Waals surface area contributed by atoms with Crippen molar-refractivity contribution in [2.24, 2.45) is 5.10 Å². The molecular weight excluding hydrogens is 360 g/mol. The number of aryl methyl sites for hydroxylation is 2. The van der Waals surface area contributed by atoms with Gasteiger partial charge in [-0.3, -0.25) is 0 Å². The third-order valence-corrected chi connectivity index (χ3v) is 5.43. The maximum atomic E-state index is 5.83. The van der Waals surface area contributed by atoms with Crippen molar-refractivity contribution in [3.05, 3.63) is 65.0 Å². The molecule has 3 aromatic rings. The number of fused-ring (bicyclic) bond motifs is 1. The van der Waals surface area contributed by atoms with Gasteiger partial charge in [-0.1, -0.05) is 23.9 Å². The van der Waals surface area contributed by atoms with E-state index in [-0.39, 0.29) is 0 Å². The van der Waals surface area contributed by atoms with E-state index in [1.54, 1.807) is 23.5 Å². The molecule has 1 aromatic heterocycles. The Hall–Kier alpha value is -2.80. The zero-order valence-electron chi connectivity index (χ0n) is 15.5. The minimum atomic E-state index is 0.295. The van der Waals surface area contributed by atoms with E-state index in [9.17, 15) is 0 Å². The minimum Gasteiger partial charge on any atom is -0.497 e. The van der Waals surface area contributed by atoms with Crippen molar-refractivity contribution >= 4 is 17.5 Å². The average molecular weight is 380 g/mol. The average Bonchev–Trinajstić information content (AvgIpc) is 3.11. The lowest BCUT2D eigenvalue weighted by molar-refractivity contribution is 0.289. The monoisotopic (exact) mass is 380 g/mol. The molecule has 0 spiro atoms. The van der Waals surface area contributed by atoms with Crippen molar-refractivity contribution in [2.45, 2.75) is 25.6 Å². The second kappa shape index (κ2) is 7.44. The molecule has 0 amide bonds. The van der Waals surface area contributed by atoms with Crippen molar-refractivity contribution in [1.82, 2.24) is 14.9 Å². The molecule has 7 heteroatoms. The molecule has 2 aromatic carbocycles. The zero-order valence-corrected chi connectivity index (χ0v) is 16.3. The summed E-state index contributed by atoms with van der Waals surface area (Å²) in [6.07, 6.45) is 0.